The van der Waals surface area contributed by atoms with Gasteiger partial charge in [-0.15, -0.1) is 0 Å². The van der Waals surface area contributed by atoms with E-state index in [1.807, 2.05) is 20.8 Å². The molecule has 0 unspecified atom stereocenters. The molecule has 0 saturated heterocycles. The van der Waals surface area contributed by atoms with Gasteiger partial charge in [0.15, 0.2) is 0 Å². The molecule has 0 aromatic heterocycles. The Kier molecular flexibility index (Phi) is 5.07. The van der Waals surface area contributed by atoms with Gasteiger partial charge < -0.3 is 15.5 Å². The Balaban J connectivity index is 2.35. The maximum Gasteiger partial charge on any atom is 0.253 e. The average Bonchev–Trinajstić information content (AvgIpc) is 2.57. The lowest BCUT2D eigenvalue weighted by molar-refractivity contribution is 0.0827. The van der Waals surface area contributed by atoms with Crippen LogP contribution in [0.15, 0.2) is 27.8 Å². The molecule has 2 rings (SSSR count). The third-order valence-corrected chi connectivity index (χ3v) is 4.14. The Hall–Kier alpha value is -2.63. The van der Waals surface area contributed by atoms with Crippen LogP contribution in [0.3, 0.4) is 0 Å². The molecule has 0 bridgehead atoms. The van der Waals surface area contributed by atoms with E-state index in [1.165, 1.54) is 4.90 Å². The van der Waals surface area contributed by atoms with Crippen LogP contribution in [0.5, 0.6) is 0 Å². The SMILES string of the molecule is CC[C@H](C)Nc1c(Nc2cccc(C(=O)N(C)C)c2C)c(=O)c1=O. The van der Waals surface area contributed by atoms with E-state index in [2.05, 4.69) is 10.6 Å². The summed E-state index contributed by atoms with van der Waals surface area (Å²) in [4.78, 5) is 37.4. The number of anilines is 3. The normalized spacial score (nSPS) is 12.0. The van der Waals surface area contributed by atoms with Gasteiger partial charge in [-0.05, 0) is 38.0 Å². The van der Waals surface area contributed by atoms with Crippen molar-refractivity contribution >= 4 is 23.0 Å². The summed E-state index contributed by atoms with van der Waals surface area (Å²) in [5.41, 5.74) is 1.47. The first-order valence-electron chi connectivity index (χ1n) is 7.96. The van der Waals surface area contributed by atoms with Crippen molar-refractivity contribution in [2.75, 3.05) is 24.7 Å². The smallest absolute Gasteiger partial charge is 0.253 e. The summed E-state index contributed by atoms with van der Waals surface area (Å²) < 4.78 is 0. The quantitative estimate of drug-likeness (QED) is 0.795. The highest BCUT2D eigenvalue weighted by molar-refractivity contribution is 5.97. The first-order chi connectivity index (χ1) is 11.3. The molecule has 2 aromatic rings. The van der Waals surface area contributed by atoms with Crippen molar-refractivity contribution < 1.29 is 4.79 Å². The minimum atomic E-state index is -0.537. The molecule has 1 amide bonds. The zero-order valence-corrected chi connectivity index (χ0v) is 14.7. The van der Waals surface area contributed by atoms with Crippen LogP contribution in [0.4, 0.5) is 17.1 Å². The Labute approximate surface area is 141 Å². The zero-order chi connectivity index (χ0) is 18.0. The van der Waals surface area contributed by atoms with Crippen molar-refractivity contribution in [2.45, 2.75) is 33.2 Å². The molecule has 0 heterocycles. The van der Waals surface area contributed by atoms with Gasteiger partial charge in [0, 0.05) is 31.4 Å². The molecule has 0 aliphatic heterocycles. The molecule has 24 heavy (non-hydrogen) atoms. The second-order valence-electron chi connectivity index (χ2n) is 6.16. The molecule has 128 valence electrons. The highest BCUT2D eigenvalue weighted by Gasteiger charge is 2.23. The molecule has 0 aliphatic rings. The third-order valence-electron chi connectivity index (χ3n) is 4.14. The van der Waals surface area contributed by atoms with Gasteiger partial charge in [0.2, 0.25) is 0 Å². The van der Waals surface area contributed by atoms with Crippen molar-refractivity contribution in [3.05, 3.63) is 49.8 Å². The fourth-order valence-corrected chi connectivity index (χ4v) is 2.38. The van der Waals surface area contributed by atoms with E-state index in [1.54, 1.807) is 32.3 Å². The Bertz CT molecular complexity index is 833. The predicted octanol–water partition coefficient (Wildman–Crippen LogP) is 2.25. The van der Waals surface area contributed by atoms with Crippen LogP contribution in [-0.4, -0.2) is 30.9 Å². The number of hydrogen-bond acceptors (Lipinski definition) is 5. The zero-order valence-electron chi connectivity index (χ0n) is 14.7. The second kappa shape index (κ2) is 6.86. The molecule has 0 fully saturated rings. The van der Waals surface area contributed by atoms with Crippen LogP contribution in [0.1, 0.15) is 36.2 Å². The largest absolute Gasteiger partial charge is 0.378 e. The van der Waals surface area contributed by atoms with Crippen LogP contribution in [-0.2, 0) is 0 Å². The Morgan fingerprint density at radius 2 is 1.79 bits per heavy atom. The topological polar surface area (TPSA) is 78.5 Å². The number of nitrogens with one attached hydrogen (secondary N) is 2. The molecule has 0 spiro atoms. The Morgan fingerprint density at radius 3 is 2.38 bits per heavy atom. The number of carbonyl (C=O) groups excluding carboxylic acids is 1. The second-order valence-corrected chi connectivity index (χ2v) is 6.16. The molecule has 2 N–H and O–H groups in total. The summed E-state index contributed by atoms with van der Waals surface area (Å²) in [5.74, 6) is -0.112. The lowest BCUT2D eigenvalue weighted by Crippen LogP contribution is -2.38. The Morgan fingerprint density at radius 1 is 1.17 bits per heavy atom. The molecule has 1 atom stereocenters. The summed E-state index contributed by atoms with van der Waals surface area (Å²) in [7, 11) is 3.37. The summed E-state index contributed by atoms with van der Waals surface area (Å²) in [6, 6.07) is 5.37. The number of nitrogens with zero attached hydrogens (tertiary/aromatic N) is 1. The van der Waals surface area contributed by atoms with Crippen molar-refractivity contribution in [1.29, 1.82) is 0 Å². The van der Waals surface area contributed by atoms with E-state index in [4.69, 9.17) is 0 Å². The molecule has 2 aromatic carbocycles. The number of hydrogen-bond donors (Lipinski definition) is 2. The van der Waals surface area contributed by atoms with E-state index in [0.717, 1.165) is 12.0 Å². The maximum atomic E-state index is 12.2. The van der Waals surface area contributed by atoms with Crippen molar-refractivity contribution in [1.82, 2.24) is 4.90 Å². The number of carbonyl (C=O) groups is 1. The van der Waals surface area contributed by atoms with Gasteiger partial charge in [0.05, 0.1) is 0 Å². The average molecular weight is 329 g/mol. The lowest BCUT2D eigenvalue weighted by atomic mass is 10.0. The molecule has 0 saturated carbocycles. The lowest BCUT2D eigenvalue weighted by Gasteiger charge is -2.20. The van der Waals surface area contributed by atoms with Gasteiger partial charge in [0.1, 0.15) is 11.4 Å². The van der Waals surface area contributed by atoms with Gasteiger partial charge in [-0.3, -0.25) is 14.4 Å². The minimum Gasteiger partial charge on any atom is -0.378 e. The van der Waals surface area contributed by atoms with Gasteiger partial charge in [-0.2, -0.15) is 0 Å². The third kappa shape index (κ3) is 3.18. The monoisotopic (exact) mass is 329 g/mol. The summed E-state index contributed by atoms with van der Waals surface area (Å²) in [6.45, 7) is 5.76. The van der Waals surface area contributed by atoms with E-state index >= 15 is 0 Å². The van der Waals surface area contributed by atoms with Crippen molar-refractivity contribution in [3.8, 4) is 0 Å². The van der Waals surface area contributed by atoms with Gasteiger partial charge in [-0.25, -0.2) is 0 Å². The van der Waals surface area contributed by atoms with E-state index in [0.29, 0.717) is 16.9 Å². The molecule has 0 radical (unpaired) electrons. The standard InChI is InChI=1S/C18H23N3O3/c1-6-10(2)19-14-15(17(23)16(14)22)20-13-9-7-8-12(11(13)3)18(24)21(4)5/h7-10,19-20H,6H2,1-5H3/t10-/m0/s1. The summed E-state index contributed by atoms with van der Waals surface area (Å²) in [5, 5.41) is 6.08. The first kappa shape index (κ1) is 17.7. The molecular weight excluding hydrogens is 306 g/mol. The number of amides is 1. The van der Waals surface area contributed by atoms with Crippen LogP contribution in [0.2, 0.25) is 0 Å². The fourth-order valence-electron chi connectivity index (χ4n) is 2.38. The van der Waals surface area contributed by atoms with Gasteiger partial charge in [0.25, 0.3) is 16.8 Å². The van der Waals surface area contributed by atoms with E-state index in [-0.39, 0.29) is 17.6 Å². The maximum absolute atomic E-state index is 12.2. The molecule has 6 heteroatoms. The van der Waals surface area contributed by atoms with Crippen molar-refractivity contribution in [3.63, 3.8) is 0 Å². The highest BCUT2D eigenvalue weighted by atomic mass is 16.2. The van der Waals surface area contributed by atoms with Crippen LogP contribution in [0, 0.1) is 6.92 Å². The van der Waals surface area contributed by atoms with E-state index in [9.17, 15) is 14.4 Å². The first-order valence-corrected chi connectivity index (χ1v) is 7.96. The molecule has 6 nitrogen and oxygen atoms in total. The van der Waals surface area contributed by atoms with Crippen LogP contribution >= 0.6 is 0 Å². The highest BCUT2D eigenvalue weighted by Crippen LogP contribution is 2.26. The van der Waals surface area contributed by atoms with Crippen LogP contribution < -0.4 is 21.5 Å². The van der Waals surface area contributed by atoms with Gasteiger partial charge in [-0.1, -0.05) is 13.0 Å². The molecular formula is C18H23N3O3. The number of benzene rings is 1. The predicted molar refractivity (Wildman–Crippen MR) is 97.2 cm³/mol. The summed E-state index contributed by atoms with van der Waals surface area (Å²) >= 11 is 0. The van der Waals surface area contributed by atoms with Crippen LogP contribution in [0.25, 0.3) is 0 Å². The van der Waals surface area contributed by atoms with E-state index < -0.39 is 10.9 Å². The molecule has 0 aliphatic carbocycles. The number of rotatable bonds is 6. The summed E-state index contributed by atoms with van der Waals surface area (Å²) in [6.07, 6.45) is 0.837. The minimum absolute atomic E-state index is 0.0941. The van der Waals surface area contributed by atoms with Gasteiger partial charge >= 0.3 is 0 Å². The fraction of sp³-hybridized carbons (Fsp3) is 0.389. The van der Waals surface area contributed by atoms with Crippen molar-refractivity contribution in [2.24, 2.45) is 0 Å².